The normalized spacial score (nSPS) is 11.1. The number of ether oxygens (including phenoxy) is 4. The number of rotatable bonds is 19. The topological polar surface area (TPSA) is 115 Å². The number of amides is 3. The van der Waals surface area contributed by atoms with Crippen LogP contribution in [0.15, 0.2) is 18.2 Å². The zero-order chi connectivity index (χ0) is 27.6. The maximum Gasteiger partial charge on any atom is 0.254 e. The van der Waals surface area contributed by atoms with Crippen LogP contribution in [0, 0.1) is 0 Å². The van der Waals surface area contributed by atoms with Crippen LogP contribution in [-0.4, -0.2) is 85.4 Å². The number of alkyl halides is 2. The molecule has 210 valence electrons. The lowest BCUT2D eigenvalue weighted by Crippen LogP contribution is -2.45. The van der Waals surface area contributed by atoms with Crippen molar-refractivity contribution in [2.75, 3.05) is 50.2 Å². The van der Waals surface area contributed by atoms with Crippen LogP contribution in [0.5, 0.6) is 0 Å². The van der Waals surface area contributed by atoms with E-state index in [9.17, 15) is 14.4 Å². The van der Waals surface area contributed by atoms with Crippen molar-refractivity contribution in [2.24, 2.45) is 0 Å². The van der Waals surface area contributed by atoms with E-state index in [0.29, 0.717) is 32.0 Å². The third-order valence-corrected chi connectivity index (χ3v) is 5.98. The van der Waals surface area contributed by atoms with Gasteiger partial charge in [-0.15, -0.1) is 0 Å². The molecule has 10 nitrogen and oxygen atoms in total. The molecule has 0 atom stereocenters. The van der Waals surface area contributed by atoms with Gasteiger partial charge in [-0.3, -0.25) is 14.4 Å². The average molecular weight is 653 g/mol. The minimum absolute atomic E-state index is 0.164. The summed E-state index contributed by atoms with van der Waals surface area (Å²) in [6.45, 7) is 9.92. The molecule has 0 fully saturated rings. The van der Waals surface area contributed by atoms with Crippen LogP contribution >= 0.6 is 31.9 Å². The van der Waals surface area contributed by atoms with Crippen LogP contribution in [0.4, 0.5) is 0 Å². The molecule has 2 N–H and O–H groups in total. The van der Waals surface area contributed by atoms with Gasteiger partial charge >= 0.3 is 0 Å². The summed E-state index contributed by atoms with van der Waals surface area (Å²) in [5.74, 6) is -0.643. The predicted molar refractivity (Wildman–Crippen MR) is 148 cm³/mol. The molecule has 12 heteroatoms. The SMILES string of the molecule is CCOC(CN(CC(OCC)OCC)C(=O)c1cc(CNC(=O)CBr)cc(CNC(=O)CBr)c1)OCC. The Morgan fingerprint density at radius 1 is 0.730 bits per heavy atom. The minimum atomic E-state index is -0.623. The van der Waals surface area contributed by atoms with Gasteiger partial charge in [0.05, 0.1) is 23.7 Å². The van der Waals surface area contributed by atoms with Crippen molar-refractivity contribution in [3.05, 3.63) is 34.9 Å². The molecule has 0 radical (unpaired) electrons. The number of halogens is 2. The van der Waals surface area contributed by atoms with Gasteiger partial charge in [0, 0.05) is 45.1 Å². The van der Waals surface area contributed by atoms with Gasteiger partial charge in [0.25, 0.3) is 5.91 Å². The number of nitrogens with zero attached hydrogens (tertiary/aromatic N) is 1. The first-order valence-corrected chi connectivity index (χ1v) is 14.6. The second kappa shape index (κ2) is 19.5. The lowest BCUT2D eigenvalue weighted by atomic mass is 10.0. The second-order valence-corrected chi connectivity index (χ2v) is 8.87. The minimum Gasteiger partial charge on any atom is -0.351 e. The molecule has 0 unspecified atom stereocenters. The average Bonchev–Trinajstić information content (AvgIpc) is 2.89. The van der Waals surface area contributed by atoms with Crippen molar-refractivity contribution in [3.63, 3.8) is 0 Å². The van der Waals surface area contributed by atoms with E-state index in [2.05, 4.69) is 42.5 Å². The fourth-order valence-electron chi connectivity index (χ4n) is 3.42. The van der Waals surface area contributed by atoms with E-state index in [1.807, 2.05) is 33.8 Å². The zero-order valence-corrected chi connectivity index (χ0v) is 25.2. The first kappa shape index (κ1) is 33.5. The monoisotopic (exact) mass is 651 g/mol. The van der Waals surface area contributed by atoms with Gasteiger partial charge in [0.15, 0.2) is 12.6 Å². The molecule has 0 aliphatic heterocycles. The van der Waals surface area contributed by atoms with Crippen LogP contribution < -0.4 is 10.6 Å². The van der Waals surface area contributed by atoms with Gasteiger partial charge in [0.1, 0.15) is 0 Å². The van der Waals surface area contributed by atoms with E-state index in [1.165, 1.54) is 0 Å². The number of carbonyl (C=O) groups excluding carboxylic acids is 3. The van der Waals surface area contributed by atoms with Crippen molar-refractivity contribution in [3.8, 4) is 0 Å². The molecule has 0 aliphatic carbocycles. The summed E-state index contributed by atoms with van der Waals surface area (Å²) in [6.07, 6.45) is -1.25. The van der Waals surface area contributed by atoms with Gasteiger partial charge in [-0.2, -0.15) is 0 Å². The highest BCUT2D eigenvalue weighted by Crippen LogP contribution is 2.16. The zero-order valence-electron chi connectivity index (χ0n) is 22.0. The predicted octanol–water partition coefficient (Wildman–Crippen LogP) is 2.95. The number of carbonyl (C=O) groups is 3. The first-order chi connectivity index (χ1) is 17.8. The van der Waals surface area contributed by atoms with E-state index in [-0.39, 0.29) is 54.6 Å². The Morgan fingerprint density at radius 3 is 1.43 bits per heavy atom. The van der Waals surface area contributed by atoms with E-state index < -0.39 is 12.6 Å². The molecule has 3 amide bonds. The Labute approximate surface area is 236 Å². The van der Waals surface area contributed by atoms with Crippen LogP contribution in [-0.2, 0) is 41.6 Å². The molecular weight excluding hydrogens is 614 g/mol. The van der Waals surface area contributed by atoms with E-state index >= 15 is 0 Å². The molecule has 0 aromatic heterocycles. The van der Waals surface area contributed by atoms with E-state index in [0.717, 1.165) is 11.1 Å². The Bertz CT molecular complexity index is 776. The van der Waals surface area contributed by atoms with Crippen molar-refractivity contribution in [1.82, 2.24) is 15.5 Å². The lowest BCUT2D eigenvalue weighted by molar-refractivity contribution is -0.165. The fourth-order valence-corrected chi connectivity index (χ4v) is 3.82. The van der Waals surface area contributed by atoms with Crippen molar-refractivity contribution >= 4 is 49.6 Å². The largest absolute Gasteiger partial charge is 0.351 e. The Kier molecular flexibility index (Phi) is 17.6. The molecule has 1 rings (SSSR count). The molecule has 0 saturated carbocycles. The summed E-state index contributed by atoms with van der Waals surface area (Å²) in [5.41, 5.74) is 1.84. The highest BCUT2D eigenvalue weighted by atomic mass is 79.9. The number of hydrogen-bond acceptors (Lipinski definition) is 7. The van der Waals surface area contributed by atoms with Crippen molar-refractivity contribution in [2.45, 2.75) is 53.4 Å². The first-order valence-electron chi connectivity index (χ1n) is 12.3. The third-order valence-electron chi connectivity index (χ3n) is 4.96. The van der Waals surface area contributed by atoms with E-state index in [1.54, 1.807) is 17.0 Å². The molecule has 0 aliphatic rings. The maximum atomic E-state index is 13.8. The fraction of sp³-hybridized carbons (Fsp3) is 0.640. The summed E-state index contributed by atoms with van der Waals surface area (Å²) in [5, 5.41) is 5.92. The van der Waals surface area contributed by atoms with Gasteiger partial charge in [-0.1, -0.05) is 37.9 Å². The van der Waals surface area contributed by atoms with Gasteiger partial charge in [0.2, 0.25) is 11.8 Å². The van der Waals surface area contributed by atoms with Gasteiger partial charge in [-0.25, -0.2) is 0 Å². The molecule has 1 aromatic rings. The standard InChI is InChI=1S/C25H39Br2N3O7/c1-5-34-23(35-6-2)16-30(17-24(36-7-3)37-8-4)25(33)20-10-18(14-28-21(31)12-26)9-19(11-20)15-29-22(32)13-27/h9-11,23-24H,5-8,12-17H2,1-4H3,(H,28,31)(H,29,32). The van der Waals surface area contributed by atoms with Crippen LogP contribution in [0.25, 0.3) is 0 Å². The summed E-state index contributed by atoms with van der Waals surface area (Å²) in [4.78, 5) is 39.0. The van der Waals surface area contributed by atoms with Crippen molar-refractivity contribution < 1.29 is 33.3 Å². The molecular formula is C25H39Br2N3O7. The van der Waals surface area contributed by atoms with Gasteiger partial charge in [-0.05, 0) is 51.0 Å². The molecule has 0 spiro atoms. The molecule has 0 bridgehead atoms. The second-order valence-electron chi connectivity index (χ2n) is 7.75. The summed E-state index contributed by atoms with van der Waals surface area (Å²) in [7, 11) is 0. The smallest absolute Gasteiger partial charge is 0.254 e. The summed E-state index contributed by atoms with van der Waals surface area (Å²) in [6, 6.07) is 5.30. The third kappa shape index (κ3) is 13.2. The quantitative estimate of drug-likeness (QED) is 0.174. The Morgan fingerprint density at radius 2 is 1.11 bits per heavy atom. The van der Waals surface area contributed by atoms with Crippen LogP contribution in [0.3, 0.4) is 0 Å². The highest BCUT2D eigenvalue weighted by Gasteiger charge is 2.25. The lowest BCUT2D eigenvalue weighted by Gasteiger charge is -2.30. The molecule has 0 saturated heterocycles. The Balaban J connectivity index is 3.35. The highest BCUT2D eigenvalue weighted by molar-refractivity contribution is 9.09. The van der Waals surface area contributed by atoms with Crippen LogP contribution in [0.2, 0.25) is 0 Å². The van der Waals surface area contributed by atoms with E-state index in [4.69, 9.17) is 18.9 Å². The molecule has 37 heavy (non-hydrogen) atoms. The van der Waals surface area contributed by atoms with Gasteiger partial charge < -0.3 is 34.5 Å². The number of benzene rings is 1. The number of hydrogen-bond donors (Lipinski definition) is 2. The summed E-state index contributed by atoms with van der Waals surface area (Å²) < 4.78 is 22.8. The summed E-state index contributed by atoms with van der Waals surface area (Å²) >= 11 is 6.27. The Hall–Kier alpha value is -1.57. The molecule has 1 aromatic carbocycles. The maximum absolute atomic E-state index is 13.8. The van der Waals surface area contributed by atoms with Crippen molar-refractivity contribution in [1.29, 1.82) is 0 Å². The number of nitrogens with one attached hydrogen (secondary N) is 2. The van der Waals surface area contributed by atoms with Crippen LogP contribution in [0.1, 0.15) is 49.2 Å². The molecule has 0 heterocycles.